The van der Waals surface area contributed by atoms with Crippen molar-refractivity contribution in [2.45, 2.75) is 13.0 Å². The molecule has 1 aliphatic heterocycles. The molecule has 158 valence electrons. The Morgan fingerprint density at radius 2 is 1.80 bits per heavy atom. The molecule has 1 atom stereocenters. The Labute approximate surface area is 179 Å². The first kappa shape index (κ1) is 21.3. The lowest BCUT2D eigenvalue weighted by molar-refractivity contribution is -0.113. The summed E-state index contributed by atoms with van der Waals surface area (Å²) in [5, 5.41) is 8.68. The lowest BCUT2D eigenvalue weighted by atomic mass is 9.93. The van der Waals surface area contributed by atoms with E-state index in [4.69, 9.17) is 25.8 Å². The van der Waals surface area contributed by atoms with Crippen LogP contribution in [-0.2, 0) is 4.79 Å². The second-order valence-corrected chi connectivity index (χ2v) is 6.89. The molecule has 3 rings (SSSR count). The van der Waals surface area contributed by atoms with Crippen LogP contribution in [0.3, 0.4) is 0 Å². The number of halogens is 1. The van der Waals surface area contributed by atoms with Crippen LogP contribution < -0.4 is 30.2 Å². The SMILES string of the molecule is COc1ccc(Cl)cc1NC(=O)C1=C(C)NC(=O)N[C@H]1c1cccc(OC)c1OC. The van der Waals surface area contributed by atoms with Crippen LogP contribution in [-0.4, -0.2) is 33.3 Å². The van der Waals surface area contributed by atoms with Gasteiger partial charge in [0.25, 0.3) is 5.91 Å². The third-order valence-corrected chi connectivity index (χ3v) is 4.90. The van der Waals surface area contributed by atoms with Gasteiger partial charge < -0.3 is 30.2 Å². The molecule has 0 unspecified atom stereocenters. The summed E-state index contributed by atoms with van der Waals surface area (Å²) in [7, 11) is 4.51. The van der Waals surface area contributed by atoms with Crippen molar-refractivity contribution in [2.75, 3.05) is 26.6 Å². The summed E-state index contributed by atoms with van der Waals surface area (Å²) >= 11 is 6.07. The number of urea groups is 1. The molecular formula is C21H22ClN3O5. The van der Waals surface area contributed by atoms with Crippen LogP contribution in [0.1, 0.15) is 18.5 Å². The summed E-state index contributed by atoms with van der Waals surface area (Å²) < 4.78 is 16.2. The number of benzene rings is 2. The van der Waals surface area contributed by atoms with Crippen molar-refractivity contribution in [2.24, 2.45) is 0 Å². The highest BCUT2D eigenvalue weighted by atomic mass is 35.5. The van der Waals surface area contributed by atoms with Gasteiger partial charge in [0, 0.05) is 16.3 Å². The minimum atomic E-state index is -0.769. The van der Waals surface area contributed by atoms with Gasteiger partial charge >= 0.3 is 6.03 Å². The van der Waals surface area contributed by atoms with Crippen molar-refractivity contribution in [1.82, 2.24) is 10.6 Å². The van der Waals surface area contributed by atoms with Gasteiger partial charge in [0.05, 0.1) is 38.6 Å². The molecule has 0 saturated carbocycles. The molecule has 2 aromatic carbocycles. The summed E-state index contributed by atoms with van der Waals surface area (Å²) in [5.74, 6) is 0.923. The van der Waals surface area contributed by atoms with Crippen molar-refractivity contribution in [1.29, 1.82) is 0 Å². The molecule has 3 amide bonds. The Bertz CT molecular complexity index is 1020. The van der Waals surface area contributed by atoms with E-state index in [-0.39, 0.29) is 0 Å². The summed E-state index contributed by atoms with van der Waals surface area (Å²) in [6.45, 7) is 1.66. The van der Waals surface area contributed by atoms with Gasteiger partial charge in [-0.05, 0) is 31.2 Å². The molecule has 2 aromatic rings. The standard InChI is InChI=1S/C21H22ClN3O5/c1-11-17(20(26)24-14-10-12(22)8-9-15(14)28-2)18(25-21(27)23-11)13-6-5-7-16(29-3)19(13)30-4/h5-10,18H,1-4H3,(H,24,26)(H2,23,25,27)/t18-/m0/s1. The van der Waals surface area contributed by atoms with E-state index in [2.05, 4.69) is 16.0 Å². The fourth-order valence-electron chi connectivity index (χ4n) is 3.33. The quantitative estimate of drug-likeness (QED) is 0.648. The smallest absolute Gasteiger partial charge is 0.319 e. The van der Waals surface area contributed by atoms with Gasteiger partial charge in [0.2, 0.25) is 0 Å². The van der Waals surface area contributed by atoms with E-state index < -0.39 is 18.0 Å². The zero-order valence-corrected chi connectivity index (χ0v) is 17.7. The van der Waals surface area contributed by atoms with Crippen LogP contribution in [0.5, 0.6) is 17.2 Å². The molecule has 3 N–H and O–H groups in total. The highest BCUT2D eigenvalue weighted by Gasteiger charge is 2.34. The molecule has 0 saturated heterocycles. The lowest BCUT2D eigenvalue weighted by Gasteiger charge is -2.30. The summed E-state index contributed by atoms with van der Waals surface area (Å²) in [5.41, 5.74) is 1.70. The molecule has 0 aromatic heterocycles. The number of amides is 3. The average molecular weight is 432 g/mol. The fraction of sp³-hybridized carbons (Fsp3) is 0.238. The number of rotatable bonds is 6. The number of para-hydroxylation sites is 1. The molecule has 1 heterocycles. The highest BCUT2D eigenvalue weighted by Crippen LogP contribution is 2.39. The molecular weight excluding hydrogens is 410 g/mol. The van der Waals surface area contributed by atoms with E-state index in [1.165, 1.54) is 21.3 Å². The number of ether oxygens (including phenoxy) is 3. The molecule has 0 fully saturated rings. The summed E-state index contributed by atoms with van der Waals surface area (Å²) in [4.78, 5) is 25.5. The first-order valence-electron chi connectivity index (χ1n) is 9.03. The molecule has 30 heavy (non-hydrogen) atoms. The molecule has 0 radical (unpaired) electrons. The number of hydrogen-bond acceptors (Lipinski definition) is 5. The Morgan fingerprint density at radius 3 is 2.47 bits per heavy atom. The maximum absolute atomic E-state index is 13.3. The Kier molecular flexibility index (Phi) is 6.37. The van der Waals surface area contributed by atoms with Gasteiger partial charge in [-0.15, -0.1) is 0 Å². The summed E-state index contributed by atoms with van der Waals surface area (Å²) in [6.07, 6.45) is 0. The van der Waals surface area contributed by atoms with Crippen molar-refractivity contribution in [3.05, 3.63) is 58.3 Å². The van der Waals surface area contributed by atoms with Gasteiger partial charge in [-0.1, -0.05) is 23.7 Å². The number of anilines is 1. The Morgan fingerprint density at radius 1 is 1.07 bits per heavy atom. The van der Waals surface area contributed by atoms with Crippen molar-refractivity contribution in [3.63, 3.8) is 0 Å². The second kappa shape index (κ2) is 8.96. The first-order chi connectivity index (χ1) is 14.4. The van der Waals surface area contributed by atoms with Crippen LogP contribution in [0.25, 0.3) is 0 Å². The van der Waals surface area contributed by atoms with E-state index in [9.17, 15) is 9.59 Å². The van der Waals surface area contributed by atoms with Crippen LogP contribution in [0.4, 0.5) is 10.5 Å². The highest BCUT2D eigenvalue weighted by molar-refractivity contribution is 6.31. The van der Waals surface area contributed by atoms with Crippen LogP contribution >= 0.6 is 11.6 Å². The third-order valence-electron chi connectivity index (χ3n) is 4.67. The average Bonchev–Trinajstić information content (AvgIpc) is 2.72. The van der Waals surface area contributed by atoms with Crippen LogP contribution in [0.15, 0.2) is 47.7 Å². The van der Waals surface area contributed by atoms with Gasteiger partial charge in [0.15, 0.2) is 11.5 Å². The molecule has 0 spiro atoms. The van der Waals surface area contributed by atoms with Crippen LogP contribution in [0, 0.1) is 0 Å². The van der Waals surface area contributed by atoms with E-state index >= 15 is 0 Å². The number of methoxy groups -OCH3 is 3. The largest absolute Gasteiger partial charge is 0.495 e. The predicted octanol–water partition coefficient (Wildman–Crippen LogP) is 3.63. The molecule has 0 aliphatic carbocycles. The lowest BCUT2D eigenvalue weighted by Crippen LogP contribution is -2.46. The van der Waals surface area contributed by atoms with E-state index in [0.29, 0.717) is 44.8 Å². The van der Waals surface area contributed by atoms with Crippen molar-refractivity contribution in [3.8, 4) is 17.2 Å². The van der Waals surface area contributed by atoms with Gasteiger partial charge in [-0.25, -0.2) is 4.79 Å². The predicted molar refractivity (Wildman–Crippen MR) is 113 cm³/mol. The first-order valence-corrected chi connectivity index (χ1v) is 9.41. The molecule has 0 bridgehead atoms. The zero-order valence-electron chi connectivity index (χ0n) is 17.0. The van der Waals surface area contributed by atoms with Crippen LogP contribution in [0.2, 0.25) is 5.02 Å². The Balaban J connectivity index is 2.05. The third kappa shape index (κ3) is 4.13. The van der Waals surface area contributed by atoms with E-state index in [0.717, 1.165) is 0 Å². The molecule has 8 nitrogen and oxygen atoms in total. The number of hydrogen-bond donors (Lipinski definition) is 3. The van der Waals surface area contributed by atoms with Gasteiger partial charge in [0.1, 0.15) is 5.75 Å². The van der Waals surface area contributed by atoms with E-state index in [1.807, 2.05) is 0 Å². The zero-order chi connectivity index (χ0) is 21.8. The minimum absolute atomic E-state index is 0.309. The fourth-order valence-corrected chi connectivity index (χ4v) is 3.51. The number of carbonyl (C=O) groups is 2. The van der Waals surface area contributed by atoms with Crippen molar-refractivity contribution < 1.29 is 23.8 Å². The normalized spacial score (nSPS) is 15.8. The second-order valence-electron chi connectivity index (χ2n) is 6.45. The minimum Gasteiger partial charge on any atom is -0.495 e. The van der Waals surface area contributed by atoms with Gasteiger partial charge in [-0.2, -0.15) is 0 Å². The number of carbonyl (C=O) groups excluding carboxylic acids is 2. The van der Waals surface area contributed by atoms with E-state index in [1.54, 1.807) is 43.3 Å². The van der Waals surface area contributed by atoms with Gasteiger partial charge in [-0.3, -0.25) is 4.79 Å². The topological polar surface area (TPSA) is 97.9 Å². The van der Waals surface area contributed by atoms with Crippen molar-refractivity contribution >= 4 is 29.2 Å². The maximum atomic E-state index is 13.3. The maximum Gasteiger partial charge on any atom is 0.319 e. The molecule has 1 aliphatic rings. The monoisotopic (exact) mass is 431 g/mol. The number of nitrogens with one attached hydrogen (secondary N) is 3. The summed E-state index contributed by atoms with van der Waals surface area (Å²) in [6, 6.07) is 8.96. The number of allylic oxidation sites excluding steroid dienone is 1. The molecule has 9 heteroatoms. The Hall–Kier alpha value is -3.39.